The third-order valence-corrected chi connectivity index (χ3v) is 4.71. The minimum Gasteiger partial charge on any atom is -0.497 e. The molecule has 0 aliphatic carbocycles. The molecule has 2 heterocycles. The molecule has 1 aromatic heterocycles. The predicted octanol–water partition coefficient (Wildman–Crippen LogP) is 0.214. The van der Waals surface area contributed by atoms with Gasteiger partial charge in [-0.3, -0.25) is 9.59 Å². The summed E-state index contributed by atoms with van der Waals surface area (Å²) in [5.74, 6) is 0.0764. The van der Waals surface area contributed by atoms with Gasteiger partial charge in [-0.15, -0.1) is 0 Å². The van der Waals surface area contributed by atoms with Crippen LogP contribution in [0.5, 0.6) is 5.75 Å². The zero-order valence-corrected chi connectivity index (χ0v) is 15.9. The van der Waals surface area contributed by atoms with Crippen LogP contribution < -0.4 is 15.4 Å². The van der Waals surface area contributed by atoms with Gasteiger partial charge in [0.15, 0.2) is 5.76 Å². The van der Waals surface area contributed by atoms with Crippen molar-refractivity contribution < 1.29 is 33.7 Å². The Hall–Kier alpha value is -2.88. The molecule has 0 radical (unpaired) electrons. The number of aliphatic hydroxyl groups is 2. The minimum atomic E-state index is -1.23. The van der Waals surface area contributed by atoms with Crippen LogP contribution in [0.25, 0.3) is 0 Å². The van der Waals surface area contributed by atoms with Crippen molar-refractivity contribution in [1.82, 2.24) is 10.6 Å². The zero-order valence-electron chi connectivity index (χ0n) is 15.9. The molecule has 0 spiro atoms. The van der Waals surface area contributed by atoms with Gasteiger partial charge >= 0.3 is 0 Å². The Morgan fingerprint density at radius 2 is 1.79 bits per heavy atom. The van der Waals surface area contributed by atoms with Crippen molar-refractivity contribution in [2.75, 3.05) is 13.7 Å². The van der Waals surface area contributed by atoms with Crippen molar-refractivity contribution >= 4 is 11.8 Å². The molecule has 1 saturated heterocycles. The molecular weight excluding hydrogens is 380 g/mol. The van der Waals surface area contributed by atoms with Gasteiger partial charge in [0, 0.05) is 13.1 Å². The maximum absolute atomic E-state index is 12.2. The number of amides is 2. The van der Waals surface area contributed by atoms with Crippen molar-refractivity contribution in [3.05, 3.63) is 54.0 Å². The molecule has 1 fully saturated rings. The molecule has 1 aromatic carbocycles. The van der Waals surface area contributed by atoms with Gasteiger partial charge in [0.1, 0.15) is 24.1 Å². The lowest BCUT2D eigenvalue weighted by atomic mass is 10.1. The number of aliphatic hydroxyl groups excluding tert-OH is 2. The van der Waals surface area contributed by atoms with Crippen LogP contribution in [-0.4, -0.2) is 60.1 Å². The fraction of sp³-hybridized carbons (Fsp3) is 0.400. The lowest BCUT2D eigenvalue weighted by molar-refractivity contribution is -0.125. The molecule has 3 rings (SSSR count). The summed E-state index contributed by atoms with van der Waals surface area (Å²) < 4.78 is 15.7. The highest BCUT2D eigenvalue weighted by atomic mass is 16.5. The Morgan fingerprint density at radius 3 is 2.45 bits per heavy atom. The number of benzene rings is 1. The van der Waals surface area contributed by atoms with Crippen molar-refractivity contribution in [1.29, 1.82) is 0 Å². The number of carbonyl (C=O) groups excluding carboxylic acids is 2. The van der Waals surface area contributed by atoms with Gasteiger partial charge < -0.3 is 34.7 Å². The first-order chi connectivity index (χ1) is 14.0. The highest BCUT2D eigenvalue weighted by Gasteiger charge is 2.43. The summed E-state index contributed by atoms with van der Waals surface area (Å²) in [6.45, 7) is 0.290. The molecule has 1 unspecified atom stereocenters. The zero-order chi connectivity index (χ0) is 20.8. The van der Waals surface area contributed by atoms with Crippen LogP contribution in [0, 0.1) is 0 Å². The number of rotatable bonds is 8. The van der Waals surface area contributed by atoms with E-state index >= 15 is 0 Å². The van der Waals surface area contributed by atoms with E-state index in [4.69, 9.17) is 13.9 Å². The molecule has 2 aromatic rings. The summed E-state index contributed by atoms with van der Waals surface area (Å²) in [5.41, 5.74) is 0.894. The van der Waals surface area contributed by atoms with Crippen LogP contribution in [0.2, 0.25) is 0 Å². The fourth-order valence-corrected chi connectivity index (χ4v) is 3.05. The van der Waals surface area contributed by atoms with E-state index in [1.165, 1.54) is 12.3 Å². The van der Waals surface area contributed by atoms with E-state index < -0.39 is 30.3 Å². The lowest BCUT2D eigenvalue weighted by Gasteiger charge is -2.15. The number of hydrogen-bond acceptors (Lipinski definition) is 7. The first kappa shape index (κ1) is 20.8. The summed E-state index contributed by atoms with van der Waals surface area (Å²) in [5, 5.41) is 25.6. The molecular formula is C20H24N2O7. The van der Waals surface area contributed by atoms with Crippen LogP contribution in [-0.2, 0) is 16.1 Å². The first-order valence-corrected chi connectivity index (χ1v) is 9.21. The molecule has 9 nitrogen and oxygen atoms in total. The van der Waals surface area contributed by atoms with E-state index in [9.17, 15) is 19.8 Å². The van der Waals surface area contributed by atoms with E-state index in [1.54, 1.807) is 25.3 Å². The number of methoxy groups -OCH3 is 1. The third-order valence-electron chi connectivity index (χ3n) is 4.71. The van der Waals surface area contributed by atoms with Gasteiger partial charge in [-0.25, -0.2) is 0 Å². The Balaban J connectivity index is 1.45. The molecule has 2 amide bonds. The van der Waals surface area contributed by atoms with E-state index in [2.05, 4.69) is 10.6 Å². The Labute approximate surface area is 167 Å². The van der Waals surface area contributed by atoms with Crippen molar-refractivity contribution in [2.45, 2.75) is 37.4 Å². The van der Waals surface area contributed by atoms with Gasteiger partial charge in [-0.2, -0.15) is 0 Å². The number of hydrogen-bond donors (Lipinski definition) is 4. The van der Waals surface area contributed by atoms with Gasteiger partial charge in [-0.1, -0.05) is 12.1 Å². The summed E-state index contributed by atoms with van der Waals surface area (Å²) in [4.78, 5) is 24.1. The van der Waals surface area contributed by atoms with Gasteiger partial charge in [0.25, 0.3) is 5.91 Å². The average Bonchev–Trinajstić information content (AvgIpc) is 3.36. The third kappa shape index (κ3) is 5.35. The second-order valence-electron chi connectivity index (χ2n) is 6.71. The molecule has 0 bridgehead atoms. The normalized spacial score (nSPS) is 23.6. The van der Waals surface area contributed by atoms with Crippen LogP contribution >= 0.6 is 0 Å². The quantitative estimate of drug-likeness (QED) is 0.495. The van der Waals surface area contributed by atoms with E-state index in [0.717, 1.165) is 11.3 Å². The fourth-order valence-electron chi connectivity index (χ4n) is 3.05. The standard InChI is InChI=1S/C20H24N2O7/c1-27-13-6-4-12(5-7-13)10-21-17(23)9-15-18(24)19(25)16(29-15)11-22-20(26)14-3-2-8-28-14/h2-8,15-16,18-19,24-25H,9-11H2,1H3,(H,21,23)(H,22,26)/t15-,16+,18?,19+/m0/s1. The Bertz CT molecular complexity index is 807. The largest absolute Gasteiger partial charge is 0.497 e. The van der Waals surface area contributed by atoms with Gasteiger partial charge in [0.05, 0.1) is 25.9 Å². The predicted molar refractivity (Wildman–Crippen MR) is 101 cm³/mol. The smallest absolute Gasteiger partial charge is 0.287 e. The topological polar surface area (TPSA) is 130 Å². The summed E-state index contributed by atoms with van der Waals surface area (Å²) in [6.07, 6.45) is -2.88. The van der Waals surface area contributed by atoms with Crippen molar-refractivity contribution in [2.24, 2.45) is 0 Å². The molecule has 0 saturated carbocycles. The van der Waals surface area contributed by atoms with E-state index in [1.807, 2.05) is 12.1 Å². The van der Waals surface area contributed by atoms with E-state index in [-0.39, 0.29) is 24.6 Å². The molecule has 4 atom stereocenters. The second-order valence-corrected chi connectivity index (χ2v) is 6.71. The lowest BCUT2D eigenvalue weighted by Crippen LogP contribution is -2.40. The maximum atomic E-state index is 12.2. The Kier molecular flexibility index (Phi) is 6.86. The highest BCUT2D eigenvalue weighted by molar-refractivity contribution is 5.91. The highest BCUT2D eigenvalue weighted by Crippen LogP contribution is 2.23. The van der Waals surface area contributed by atoms with Crippen LogP contribution in [0.1, 0.15) is 22.5 Å². The number of nitrogens with one attached hydrogen (secondary N) is 2. The van der Waals surface area contributed by atoms with Gasteiger partial charge in [0.2, 0.25) is 5.91 Å². The number of furan rings is 1. The van der Waals surface area contributed by atoms with Crippen LogP contribution in [0.3, 0.4) is 0 Å². The number of carbonyl (C=O) groups is 2. The SMILES string of the molecule is COc1ccc(CNC(=O)C[C@@H]2O[C@H](CNC(=O)c3ccco3)[C@@H](O)C2O)cc1. The Morgan fingerprint density at radius 1 is 1.07 bits per heavy atom. The average molecular weight is 404 g/mol. The molecule has 1 aliphatic rings. The molecule has 9 heteroatoms. The first-order valence-electron chi connectivity index (χ1n) is 9.21. The van der Waals surface area contributed by atoms with Crippen molar-refractivity contribution in [3.63, 3.8) is 0 Å². The number of ether oxygens (including phenoxy) is 2. The van der Waals surface area contributed by atoms with Gasteiger partial charge in [-0.05, 0) is 29.8 Å². The molecule has 156 valence electrons. The molecule has 29 heavy (non-hydrogen) atoms. The van der Waals surface area contributed by atoms with Crippen LogP contribution in [0.4, 0.5) is 0 Å². The van der Waals surface area contributed by atoms with E-state index in [0.29, 0.717) is 6.54 Å². The minimum absolute atomic E-state index is 0.0261. The van der Waals surface area contributed by atoms with Crippen LogP contribution in [0.15, 0.2) is 47.1 Å². The summed E-state index contributed by atoms with van der Waals surface area (Å²) >= 11 is 0. The summed E-state index contributed by atoms with van der Waals surface area (Å²) in [6, 6.07) is 10.3. The maximum Gasteiger partial charge on any atom is 0.287 e. The van der Waals surface area contributed by atoms with Crippen molar-refractivity contribution in [3.8, 4) is 5.75 Å². The molecule has 4 N–H and O–H groups in total. The molecule has 1 aliphatic heterocycles. The summed E-state index contributed by atoms with van der Waals surface area (Å²) in [7, 11) is 1.58. The second kappa shape index (κ2) is 9.55. The monoisotopic (exact) mass is 404 g/mol.